The highest BCUT2D eigenvalue weighted by molar-refractivity contribution is 5.62. The molecule has 2 heterocycles. The summed E-state index contributed by atoms with van der Waals surface area (Å²) in [5.74, 6) is -1.48. The summed E-state index contributed by atoms with van der Waals surface area (Å²) >= 11 is 0. The molecule has 0 aliphatic rings. The van der Waals surface area contributed by atoms with Gasteiger partial charge in [0.05, 0.1) is 0 Å². The molecule has 4 aromatic rings. The molecule has 0 aliphatic heterocycles. The van der Waals surface area contributed by atoms with Gasteiger partial charge in [-0.15, -0.1) is 0 Å². The lowest BCUT2D eigenvalue weighted by Gasteiger charge is -2.05. The molecule has 0 radical (unpaired) electrons. The summed E-state index contributed by atoms with van der Waals surface area (Å²) in [5.41, 5.74) is 1.17. The number of carbonyl (C=O) groups excluding carboxylic acids is 1. The molecule has 0 amide bonds. The predicted octanol–water partition coefficient (Wildman–Crippen LogP) is 3.97. The molecule has 2 aromatic heterocycles. The van der Waals surface area contributed by atoms with Crippen LogP contribution in [0.3, 0.4) is 0 Å². The smallest absolute Gasteiger partial charge is 0.426 e. The van der Waals surface area contributed by atoms with Crippen LogP contribution in [0, 0.1) is 0 Å². The van der Waals surface area contributed by atoms with Gasteiger partial charge in [0, 0.05) is 11.1 Å². The monoisotopic (exact) mass is 410 g/mol. The molecule has 0 saturated carbocycles. The SMILES string of the molecule is O=C(OCc1oc(=O)oc1-c1ccccc1)OCc1oc(=O)oc1-c1ccccc1. The Morgan fingerprint density at radius 3 is 1.43 bits per heavy atom. The molecule has 0 saturated heterocycles. The fourth-order valence-electron chi connectivity index (χ4n) is 2.72. The van der Waals surface area contributed by atoms with Gasteiger partial charge in [0.2, 0.25) is 0 Å². The second kappa shape index (κ2) is 8.39. The summed E-state index contributed by atoms with van der Waals surface area (Å²) in [5, 5.41) is 0. The van der Waals surface area contributed by atoms with Crippen LogP contribution < -0.4 is 11.6 Å². The van der Waals surface area contributed by atoms with Gasteiger partial charge in [-0.05, 0) is 0 Å². The van der Waals surface area contributed by atoms with E-state index in [4.69, 9.17) is 27.1 Å². The van der Waals surface area contributed by atoms with Crippen molar-refractivity contribution in [1.82, 2.24) is 0 Å². The first-order valence-electron chi connectivity index (χ1n) is 8.76. The first-order valence-corrected chi connectivity index (χ1v) is 8.76. The Morgan fingerprint density at radius 1 is 0.633 bits per heavy atom. The second-order valence-corrected chi connectivity index (χ2v) is 5.97. The lowest BCUT2D eigenvalue weighted by atomic mass is 10.1. The Kier molecular flexibility index (Phi) is 5.33. The molecule has 2 aromatic carbocycles. The van der Waals surface area contributed by atoms with Gasteiger partial charge < -0.3 is 27.1 Å². The van der Waals surface area contributed by atoms with Crippen molar-refractivity contribution >= 4 is 6.16 Å². The molecule has 9 nitrogen and oxygen atoms in total. The Morgan fingerprint density at radius 2 is 1.03 bits per heavy atom. The largest absolute Gasteiger partial charge is 0.519 e. The van der Waals surface area contributed by atoms with Gasteiger partial charge in [0.1, 0.15) is 0 Å². The predicted molar refractivity (Wildman–Crippen MR) is 100 cm³/mol. The molecule has 0 bridgehead atoms. The fraction of sp³-hybridized carbons (Fsp3) is 0.0952. The molecule has 4 rings (SSSR count). The Bertz CT molecular complexity index is 1150. The lowest BCUT2D eigenvalue weighted by molar-refractivity contribution is 0.0360. The van der Waals surface area contributed by atoms with Crippen LogP contribution in [0.2, 0.25) is 0 Å². The highest BCUT2D eigenvalue weighted by atomic mass is 16.7. The van der Waals surface area contributed by atoms with Gasteiger partial charge in [0.25, 0.3) is 0 Å². The van der Waals surface area contributed by atoms with Crippen LogP contribution >= 0.6 is 0 Å². The molecule has 152 valence electrons. The van der Waals surface area contributed by atoms with E-state index in [1.807, 2.05) is 0 Å². The third kappa shape index (κ3) is 4.25. The average Bonchev–Trinajstić information content (AvgIpc) is 3.34. The first kappa shape index (κ1) is 19.1. The molecule has 9 heteroatoms. The van der Waals surface area contributed by atoms with Crippen molar-refractivity contribution in [2.45, 2.75) is 13.2 Å². The molecule has 0 unspecified atom stereocenters. The summed E-state index contributed by atoms with van der Waals surface area (Å²) in [6.07, 6.45) is -1.07. The minimum absolute atomic E-state index is 0.0305. The zero-order chi connectivity index (χ0) is 20.9. The van der Waals surface area contributed by atoms with Crippen LogP contribution in [0.1, 0.15) is 11.5 Å². The van der Waals surface area contributed by atoms with E-state index in [9.17, 15) is 14.4 Å². The van der Waals surface area contributed by atoms with Gasteiger partial charge in [-0.1, -0.05) is 60.7 Å². The third-order valence-corrected chi connectivity index (χ3v) is 4.00. The highest BCUT2D eigenvalue weighted by Crippen LogP contribution is 2.25. The van der Waals surface area contributed by atoms with E-state index in [1.54, 1.807) is 60.7 Å². The van der Waals surface area contributed by atoms with Crippen molar-refractivity contribution in [3.05, 3.63) is 93.4 Å². The summed E-state index contributed by atoms with van der Waals surface area (Å²) in [4.78, 5) is 34.9. The van der Waals surface area contributed by atoms with Crippen molar-refractivity contribution < 1.29 is 31.9 Å². The number of hydrogen-bond acceptors (Lipinski definition) is 9. The summed E-state index contributed by atoms with van der Waals surface area (Å²) in [6, 6.07) is 17.5. The summed E-state index contributed by atoms with van der Waals surface area (Å²) in [6.45, 7) is -0.786. The standard InChI is InChI=1S/C21H14O9/c22-19(25-11-15-17(29-20(23)27-15)13-7-3-1-4-8-13)26-12-16-18(30-21(24)28-16)14-9-5-2-6-10-14/h1-10H,11-12H2. The maximum absolute atomic E-state index is 12.0. The van der Waals surface area contributed by atoms with Crippen LogP contribution in [-0.2, 0) is 22.7 Å². The van der Waals surface area contributed by atoms with Crippen molar-refractivity contribution in [3.8, 4) is 22.6 Å². The number of hydrogen-bond donors (Lipinski definition) is 0. The molecule has 0 spiro atoms. The van der Waals surface area contributed by atoms with Gasteiger partial charge in [-0.3, -0.25) is 0 Å². The van der Waals surface area contributed by atoms with Crippen LogP contribution in [-0.4, -0.2) is 6.16 Å². The van der Waals surface area contributed by atoms with Crippen molar-refractivity contribution in [2.24, 2.45) is 0 Å². The second-order valence-electron chi connectivity index (χ2n) is 5.97. The molecule has 0 aliphatic carbocycles. The molecular weight excluding hydrogens is 396 g/mol. The van der Waals surface area contributed by atoms with Crippen molar-refractivity contribution in [1.29, 1.82) is 0 Å². The van der Waals surface area contributed by atoms with Crippen LogP contribution in [0.4, 0.5) is 4.79 Å². The van der Waals surface area contributed by atoms with Crippen molar-refractivity contribution in [2.75, 3.05) is 0 Å². The quantitative estimate of drug-likeness (QED) is 0.434. The minimum Gasteiger partial charge on any atom is -0.426 e. The zero-order valence-electron chi connectivity index (χ0n) is 15.4. The number of rotatable bonds is 6. The fourth-order valence-corrected chi connectivity index (χ4v) is 2.72. The Labute approximate surface area is 168 Å². The maximum atomic E-state index is 12.0. The van der Waals surface area contributed by atoms with E-state index in [0.29, 0.717) is 11.1 Å². The first-order chi connectivity index (χ1) is 14.6. The highest BCUT2D eigenvalue weighted by Gasteiger charge is 2.20. The van der Waals surface area contributed by atoms with E-state index in [1.165, 1.54) is 0 Å². The molecular formula is C21H14O9. The van der Waals surface area contributed by atoms with Crippen LogP contribution in [0.25, 0.3) is 22.6 Å². The zero-order valence-corrected chi connectivity index (χ0v) is 15.4. The molecule has 0 fully saturated rings. The average molecular weight is 410 g/mol. The molecule has 0 atom stereocenters. The van der Waals surface area contributed by atoms with Gasteiger partial charge in [-0.2, -0.15) is 0 Å². The maximum Gasteiger partial charge on any atom is 0.519 e. The van der Waals surface area contributed by atoms with Gasteiger partial charge in [0.15, 0.2) is 36.3 Å². The normalized spacial score (nSPS) is 10.7. The Balaban J connectivity index is 1.41. The van der Waals surface area contributed by atoms with Crippen LogP contribution in [0.5, 0.6) is 0 Å². The topological polar surface area (TPSA) is 122 Å². The third-order valence-electron chi connectivity index (χ3n) is 4.00. The lowest BCUT2D eigenvalue weighted by Crippen LogP contribution is -2.08. The van der Waals surface area contributed by atoms with E-state index in [-0.39, 0.29) is 23.0 Å². The van der Waals surface area contributed by atoms with E-state index < -0.39 is 31.0 Å². The van der Waals surface area contributed by atoms with E-state index >= 15 is 0 Å². The number of ether oxygens (including phenoxy) is 2. The van der Waals surface area contributed by atoms with E-state index in [2.05, 4.69) is 0 Å². The van der Waals surface area contributed by atoms with Crippen molar-refractivity contribution in [3.63, 3.8) is 0 Å². The van der Waals surface area contributed by atoms with Gasteiger partial charge in [-0.25, -0.2) is 14.4 Å². The van der Waals surface area contributed by atoms with Gasteiger partial charge >= 0.3 is 17.8 Å². The minimum atomic E-state index is -1.07. The Hall–Kier alpha value is -4.27. The molecule has 30 heavy (non-hydrogen) atoms. The number of benzene rings is 2. The van der Waals surface area contributed by atoms with E-state index in [0.717, 1.165) is 0 Å². The summed E-state index contributed by atoms with van der Waals surface area (Å²) in [7, 11) is 0. The number of carbonyl (C=O) groups is 1. The molecule has 0 N–H and O–H groups in total. The van der Waals surface area contributed by atoms with Crippen LogP contribution in [0.15, 0.2) is 87.9 Å². The summed E-state index contributed by atoms with van der Waals surface area (Å²) < 4.78 is 29.8.